The molecule has 1 saturated heterocycles. The lowest BCUT2D eigenvalue weighted by Gasteiger charge is -2.38. The van der Waals surface area contributed by atoms with Crippen molar-refractivity contribution < 1.29 is 0 Å². The van der Waals surface area contributed by atoms with Gasteiger partial charge in [-0.2, -0.15) is 0 Å². The molecule has 0 aromatic carbocycles. The van der Waals surface area contributed by atoms with E-state index in [2.05, 4.69) is 29.6 Å². The fourth-order valence-corrected chi connectivity index (χ4v) is 6.14. The highest BCUT2D eigenvalue weighted by Gasteiger charge is 2.30. The topological polar surface area (TPSA) is 6.48 Å². The summed E-state index contributed by atoms with van der Waals surface area (Å²) in [4.78, 5) is 2.66. The molecular weight excluding hydrogens is 199 g/mol. The Labute approximate surface area is 100 Å². The van der Waals surface area contributed by atoms with Crippen LogP contribution in [0.15, 0.2) is 0 Å². The highest BCUT2D eigenvalue weighted by Crippen LogP contribution is 2.13. The van der Waals surface area contributed by atoms with Crippen LogP contribution in [0.25, 0.3) is 0 Å². The molecule has 0 N–H and O–H groups in total. The molecular formula is C12H27AlN2. The minimum atomic E-state index is -0.589. The summed E-state index contributed by atoms with van der Waals surface area (Å²) in [6.07, 6.45) is 4.28. The molecule has 0 amide bonds. The first-order valence-electron chi connectivity index (χ1n) is 6.78. The van der Waals surface area contributed by atoms with Gasteiger partial charge in [-0.3, -0.25) is 0 Å². The number of rotatable bonds is 6. The third-order valence-electron chi connectivity index (χ3n) is 3.68. The number of nitrogens with zero attached hydrogens (tertiary/aromatic N) is 2. The third kappa shape index (κ3) is 4.45. The maximum absolute atomic E-state index is 2.81. The fourth-order valence-electron chi connectivity index (χ4n) is 2.56. The van der Waals surface area contributed by atoms with E-state index in [0.717, 1.165) is 0 Å². The van der Waals surface area contributed by atoms with Crippen molar-refractivity contribution in [3.8, 4) is 0 Å². The van der Waals surface area contributed by atoms with Crippen molar-refractivity contribution in [2.45, 2.75) is 45.3 Å². The molecule has 88 valence electrons. The second kappa shape index (κ2) is 7.68. The van der Waals surface area contributed by atoms with E-state index >= 15 is 0 Å². The molecule has 0 bridgehead atoms. The Bertz CT molecular complexity index is 164. The summed E-state index contributed by atoms with van der Waals surface area (Å²) in [5.41, 5.74) is 0. The van der Waals surface area contributed by atoms with Gasteiger partial charge in [0, 0.05) is 6.54 Å². The first kappa shape index (κ1) is 13.5. The van der Waals surface area contributed by atoms with E-state index in [4.69, 9.17) is 0 Å². The molecule has 1 aliphatic rings. The van der Waals surface area contributed by atoms with Crippen molar-refractivity contribution in [3.05, 3.63) is 0 Å². The molecule has 1 heterocycles. The zero-order valence-electron chi connectivity index (χ0n) is 10.8. The van der Waals surface area contributed by atoms with E-state index in [0.29, 0.717) is 0 Å². The van der Waals surface area contributed by atoms with Crippen LogP contribution in [0.4, 0.5) is 0 Å². The van der Waals surface area contributed by atoms with Gasteiger partial charge in [-0.1, -0.05) is 45.3 Å². The maximum atomic E-state index is 2.81. The Kier molecular flexibility index (Phi) is 6.92. The monoisotopic (exact) mass is 226 g/mol. The highest BCUT2D eigenvalue weighted by atomic mass is 27.2. The van der Waals surface area contributed by atoms with Crippen molar-refractivity contribution in [1.82, 2.24) is 8.78 Å². The molecule has 1 rings (SSSR count). The molecule has 0 saturated carbocycles. The van der Waals surface area contributed by atoms with E-state index in [1.54, 1.807) is 0 Å². The summed E-state index contributed by atoms with van der Waals surface area (Å²) in [5, 5.41) is 2.98. The first-order chi connectivity index (χ1) is 7.31. The van der Waals surface area contributed by atoms with Crippen LogP contribution in [0.2, 0.25) is 5.28 Å². The molecule has 0 unspecified atom stereocenters. The molecule has 0 spiro atoms. The van der Waals surface area contributed by atoms with Crippen LogP contribution in [0.1, 0.15) is 40.0 Å². The molecule has 1 fully saturated rings. The summed E-state index contributed by atoms with van der Waals surface area (Å²) < 4.78 is 2.81. The average molecular weight is 226 g/mol. The van der Waals surface area contributed by atoms with Crippen LogP contribution >= 0.6 is 0 Å². The lowest BCUT2D eigenvalue weighted by atomic mass is 10.3. The molecule has 0 aliphatic carbocycles. The van der Waals surface area contributed by atoms with Crippen molar-refractivity contribution in [3.63, 3.8) is 0 Å². The molecule has 0 atom stereocenters. The summed E-state index contributed by atoms with van der Waals surface area (Å²) in [5.74, 6) is 0. The molecule has 1 aliphatic heterocycles. The predicted molar refractivity (Wildman–Crippen MR) is 69.4 cm³/mol. The summed E-state index contributed by atoms with van der Waals surface area (Å²) >= 11 is -0.589. The molecule has 0 aromatic rings. The smallest absolute Gasteiger partial charge is 0.383 e. The van der Waals surface area contributed by atoms with E-state index in [-0.39, 0.29) is 0 Å². The minimum absolute atomic E-state index is 0.589. The number of hydrogen-bond donors (Lipinski definition) is 0. The van der Waals surface area contributed by atoms with E-state index in [9.17, 15) is 0 Å². The molecule has 3 heteroatoms. The van der Waals surface area contributed by atoms with Gasteiger partial charge in [0.1, 0.15) is 0 Å². The second-order valence-electron chi connectivity index (χ2n) is 4.67. The van der Waals surface area contributed by atoms with Crippen molar-refractivity contribution in [1.29, 1.82) is 0 Å². The zero-order valence-corrected chi connectivity index (χ0v) is 12.0. The van der Waals surface area contributed by atoms with Gasteiger partial charge in [-0.25, -0.2) is 0 Å². The van der Waals surface area contributed by atoms with Gasteiger partial charge in [0.15, 0.2) is 0 Å². The number of hydrogen-bond acceptors (Lipinski definition) is 2. The lowest BCUT2D eigenvalue weighted by Crippen LogP contribution is -2.55. The van der Waals surface area contributed by atoms with Gasteiger partial charge in [-0.15, -0.1) is 0 Å². The van der Waals surface area contributed by atoms with Crippen LogP contribution in [0, 0.1) is 0 Å². The first-order valence-corrected chi connectivity index (χ1v) is 8.93. The number of likely N-dealkylation sites (N-methyl/N-ethyl adjacent to an activating group) is 2. The fraction of sp³-hybridized carbons (Fsp3) is 1.00. The van der Waals surface area contributed by atoms with E-state index < -0.39 is 14.4 Å². The Hall–Kier alpha value is 0.452. The predicted octanol–water partition coefficient (Wildman–Crippen LogP) is 2.36. The van der Waals surface area contributed by atoms with Crippen LogP contribution in [0.3, 0.4) is 0 Å². The SMILES string of the molecule is CCCC[CH2][Al]1[CH2]N(CC)CC[N]1CC. The Balaban J connectivity index is 2.33. The van der Waals surface area contributed by atoms with Gasteiger partial charge >= 0.3 is 14.4 Å². The van der Waals surface area contributed by atoms with Crippen LogP contribution in [-0.2, 0) is 0 Å². The maximum Gasteiger partial charge on any atom is 0.388 e. The van der Waals surface area contributed by atoms with E-state index in [1.807, 2.05) is 0 Å². The standard InChI is InChI=1S/C7H16N2.C5H11.Al/c1-4-8-6-7-9(3)5-2;1-3-5-4-2;/h3-7H2,1-2H3;1,3-5H2,2H3;/q-1;;+1. The Morgan fingerprint density at radius 3 is 2.40 bits per heavy atom. The van der Waals surface area contributed by atoms with Gasteiger partial charge < -0.3 is 8.78 Å². The number of unbranched alkanes of at least 4 members (excludes halogenated alkanes) is 2. The van der Waals surface area contributed by atoms with Gasteiger partial charge in [-0.05, 0) is 25.0 Å². The summed E-state index contributed by atoms with van der Waals surface area (Å²) in [6.45, 7) is 12.1. The van der Waals surface area contributed by atoms with Crippen molar-refractivity contribution in [2.75, 3.05) is 31.6 Å². The Morgan fingerprint density at radius 1 is 1.00 bits per heavy atom. The largest absolute Gasteiger partial charge is 0.388 e. The van der Waals surface area contributed by atoms with Crippen LogP contribution < -0.4 is 0 Å². The van der Waals surface area contributed by atoms with Crippen LogP contribution in [0.5, 0.6) is 0 Å². The van der Waals surface area contributed by atoms with Crippen molar-refractivity contribution >= 4 is 14.4 Å². The van der Waals surface area contributed by atoms with Crippen LogP contribution in [-0.4, -0.2) is 54.7 Å². The average Bonchev–Trinajstić information content (AvgIpc) is 2.29. The third-order valence-corrected chi connectivity index (χ3v) is 7.35. The molecule has 2 nitrogen and oxygen atoms in total. The zero-order chi connectivity index (χ0) is 11.1. The molecule has 0 radical (unpaired) electrons. The van der Waals surface area contributed by atoms with Gasteiger partial charge in [0.05, 0.1) is 0 Å². The minimum Gasteiger partial charge on any atom is -0.383 e. The lowest BCUT2D eigenvalue weighted by molar-refractivity contribution is 0.253. The quantitative estimate of drug-likeness (QED) is 0.507. The Morgan fingerprint density at radius 2 is 1.80 bits per heavy atom. The molecule has 0 aromatic heterocycles. The second-order valence-corrected chi connectivity index (χ2v) is 7.65. The molecule has 15 heavy (non-hydrogen) atoms. The highest BCUT2D eigenvalue weighted by molar-refractivity contribution is 6.56. The van der Waals surface area contributed by atoms with Gasteiger partial charge in [0.25, 0.3) is 0 Å². The van der Waals surface area contributed by atoms with Crippen molar-refractivity contribution in [2.24, 2.45) is 0 Å². The van der Waals surface area contributed by atoms with Gasteiger partial charge in [0.2, 0.25) is 0 Å². The normalized spacial score (nSPS) is 19.8. The van der Waals surface area contributed by atoms with E-state index in [1.165, 1.54) is 56.1 Å². The summed E-state index contributed by atoms with van der Waals surface area (Å²) in [6, 6.07) is 0. The summed E-state index contributed by atoms with van der Waals surface area (Å²) in [7, 11) is 0.